The van der Waals surface area contributed by atoms with E-state index in [4.69, 9.17) is 4.74 Å². The number of nitrogens with one attached hydrogen (secondary N) is 1. The minimum Gasteiger partial charge on any atom is -0.494 e. The van der Waals surface area contributed by atoms with E-state index in [0.29, 0.717) is 13.2 Å². The van der Waals surface area contributed by atoms with Gasteiger partial charge in [0.2, 0.25) is 5.91 Å². The van der Waals surface area contributed by atoms with E-state index in [1.807, 2.05) is 31.2 Å². The molecule has 1 aromatic carbocycles. The fourth-order valence-corrected chi connectivity index (χ4v) is 4.19. The molecule has 0 bridgehead atoms. The average Bonchev–Trinajstić information content (AvgIpc) is 2.54. The summed E-state index contributed by atoms with van der Waals surface area (Å²) in [6.07, 6.45) is 5.51. The van der Waals surface area contributed by atoms with Crippen molar-refractivity contribution in [2.75, 3.05) is 12.4 Å². The van der Waals surface area contributed by atoms with Crippen molar-refractivity contribution in [3.63, 3.8) is 0 Å². The van der Waals surface area contributed by atoms with Crippen LogP contribution in [0.4, 0.5) is 0 Å². The van der Waals surface area contributed by atoms with Gasteiger partial charge in [-0.1, -0.05) is 31.4 Å². The summed E-state index contributed by atoms with van der Waals surface area (Å²) in [5, 5.41) is 3.06. The van der Waals surface area contributed by atoms with Crippen molar-refractivity contribution in [2.45, 2.75) is 50.8 Å². The van der Waals surface area contributed by atoms with E-state index >= 15 is 0 Å². The number of hydrogen-bond acceptors (Lipinski definition) is 3. The third kappa shape index (κ3) is 5.44. The number of rotatable bonds is 7. The van der Waals surface area contributed by atoms with Crippen molar-refractivity contribution in [1.82, 2.24) is 5.32 Å². The van der Waals surface area contributed by atoms with Crippen LogP contribution in [0.1, 0.15) is 44.6 Å². The van der Waals surface area contributed by atoms with Gasteiger partial charge in [-0.15, -0.1) is 0 Å². The van der Waals surface area contributed by atoms with Crippen LogP contribution in [-0.2, 0) is 22.1 Å². The van der Waals surface area contributed by atoms with Crippen LogP contribution in [0.3, 0.4) is 0 Å². The molecular formula is C17H25NO3S. The molecule has 2 rings (SSSR count). The molecule has 1 aromatic rings. The second-order valence-corrected chi connectivity index (χ2v) is 7.36. The first-order valence-corrected chi connectivity index (χ1v) is 9.43. The lowest BCUT2D eigenvalue weighted by Crippen LogP contribution is -2.32. The Morgan fingerprint density at radius 1 is 1.32 bits per heavy atom. The van der Waals surface area contributed by atoms with E-state index in [2.05, 4.69) is 5.32 Å². The number of hydrogen-bond donors (Lipinski definition) is 1. The van der Waals surface area contributed by atoms with E-state index in [-0.39, 0.29) is 16.9 Å². The van der Waals surface area contributed by atoms with Crippen LogP contribution in [0, 0.1) is 0 Å². The van der Waals surface area contributed by atoms with Gasteiger partial charge < -0.3 is 10.1 Å². The van der Waals surface area contributed by atoms with Gasteiger partial charge in [0.05, 0.1) is 6.61 Å². The van der Waals surface area contributed by atoms with E-state index in [9.17, 15) is 9.00 Å². The summed E-state index contributed by atoms with van der Waals surface area (Å²) < 4.78 is 17.6. The normalized spacial score (nSPS) is 17.0. The first-order chi connectivity index (χ1) is 10.7. The minimum absolute atomic E-state index is 0.121. The third-order valence-corrected chi connectivity index (χ3v) is 5.66. The van der Waals surface area contributed by atoms with Crippen LogP contribution in [0.5, 0.6) is 5.75 Å². The van der Waals surface area contributed by atoms with Crippen molar-refractivity contribution >= 4 is 16.7 Å². The molecule has 1 amide bonds. The maximum Gasteiger partial charge on any atom is 0.232 e. The van der Waals surface area contributed by atoms with E-state index < -0.39 is 10.8 Å². The highest BCUT2D eigenvalue weighted by molar-refractivity contribution is 7.86. The fraction of sp³-hybridized carbons (Fsp3) is 0.588. The Hall–Kier alpha value is -1.36. The maximum atomic E-state index is 12.2. The first kappa shape index (κ1) is 17.0. The Bertz CT molecular complexity index is 512. The van der Waals surface area contributed by atoms with Crippen molar-refractivity contribution in [3.05, 3.63) is 29.8 Å². The molecule has 1 aliphatic rings. The molecule has 0 heterocycles. The van der Waals surface area contributed by atoms with Gasteiger partial charge in [0.15, 0.2) is 0 Å². The lowest BCUT2D eigenvalue weighted by atomic mass is 10.0. The standard InChI is InChI=1S/C17H25NO3S/c1-2-21-15-8-6-7-14(11-15)12-18-17(19)13-22(20)16-9-4-3-5-10-16/h6-8,11,16H,2-5,9-10,12-13H2,1H3,(H,18,19)/t22-/m0/s1. The molecular weight excluding hydrogens is 298 g/mol. The van der Waals surface area contributed by atoms with Crippen LogP contribution >= 0.6 is 0 Å². The summed E-state index contributed by atoms with van der Waals surface area (Å²) in [5.41, 5.74) is 0.989. The van der Waals surface area contributed by atoms with E-state index in [1.165, 1.54) is 6.42 Å². The predicted molar refractivity (Wildman–Crippen MR) is 89.3 cm³/mol. The Balaban J connectivity index is 1.77. The molecule has 0 aromatic heterocycles. The number of carbonyl (C=O) groups is 1. The zero-order chi connectivity index (χ0) is 15.8. The number of carbonyl (C=O) groups excluding carboxylic acids is 1. The minimum atomic E-state index is -1.04. The molecule has 5 heteroatoms. The highest BCUT2D eigenvalue weighted by Gasteiger charge is 2.21. The largest absolute Gasteiger partial charge is 0.494 e. The molecule has 0 spiro atoms. The van der Waals surface area contributed by atoms with Gasteiger partial charge in [0.25, 0.3) is 0 Å². The maximum absolute atomic E-state index is 12.2. The molecule has 1 saturated carbocycles. The monoisotopic (exact) mass is 323 g/mol. The SMILES string of the molecule is CCOc1cccc(CNC(=O)C[S@](=O)C2CCCCC2)c1. The second-order valence-electron chi connectivity index (χ2n) is 5.64. The van der Waals surface area contributed by atoms with Gasteiger partial charge in [0, 0.05) is 22.6 Å². The van der Waals surface area contributed by atoms with E-state index in [0.717, 1.165) is 37.0 Å². The van der Waals surface area contributed by atoms with Crippen LogP contribution in [-0.4, -0.2) is 27.7 Å². The quantitative estimate of drug-likeness (QED) is 0.839. The molecule has 0 aliphatic heterocycles. The van der Waals surface area contributed by atoms with Gasteiger partial charge in [-0.25, -0.2) is 0 Å². The Kier molecular flexibility index (Phi) is 6.90. The molecule has 122 valence electrons. The van der Waals surface area contributed by atoms with Crippen LogP contribution in [0.15, 0.2) is 24.3 Å². The lowest BCUT2D eigenvalue weighted by Gasteiger charge is -2.20. The van der Waals surface area contributed by atoms with Crippen molar-refractivity contribution < 1.29 is 13.7 Å². The van der Waals surface area contributed by atoms with Crippen LogP contribution in [0.2, 0.25) is 0 Å². The molecule has 0 saturated heterocycles. The summed E-state index contributed by atoms with van der Waals surface area (Å²) in [7, 11) is -1.04. The number of benzene rings is 1. The van der Waals surface area contributed by atoms with Crippen LogP contribution < -0.4 is 10.1 Å². The molecule has 0 unspecified atom stereocenters. The highest BCUT2D eigenvalue weighted by atomic mass is 32.2. The fourth-order valence-electron chi connectivity index (χ4n) is 2.74. The first-order valence-electron chi connectivity index (χ1n) is 8.04. The smallest absolute Gasteiger partial charge is 0.232 e. The average molecular weight is 323 g/mol. The molecule has 0 radical (unpaired) electrons. The van der Waals surface area contributed by atoms with Crippen molar-refractivity contribution in [1.29, 1.82) is 0 Å². The lowest BCUT2D eigenvalue weighted by molar-refractivity contribution is -0.118. The molecule has 1 fully saturated rings. The predicted octanol–water partition coefficient (Wildman–Crippen LogP) is 2.78. The van der Waals surface area contributed by atoms with Gasteiger partial charge >= 0.3 is 0 Å². The zero-order valence-electron chi connectivity index (χ0n) is 13.2. The van der Waals surface area contributed by atoms with Gasteiger partial charge in [-0.2, -0.15) is 0 Å². The van der Waals surface area contributed by atoms with Crippen LogP contribution in [0.25, 0.3) is 0 Å². The summed E-state index contributed by atoms with van der Waals surface area (Å²) in [6, 6.07) is 7.67. The van der Waals surface area contributed by atoms with Crippen molar-refractivity contribution in [3.8, 4) is 5.75 Å². The molecule has 1 aliphatic carbocycles. The molecule has 4 nitrogen and oxygen atoms in total. The summed E-state index contributed by atoms with van der Waals surface area (Å²) in [5.74, 6) is 0.793. The Morgan fingerprint density at radius 2 is 2.09 bits per heavy atom. The topological polar surface area (TPSA) is 55.4 Å². The Labute approximate surface area is 135 Å². The molecule has 1 atom stereocenters. The number of amides is 1. The highest BCUT2D eigenvalue weighted by Crippen LogP contribution is 2.22. The summed E-state index contributed by atoms with van der Waals surface area (Å²) >= 11 is 0. The second kappa shape index (κ2) is 8.93. The molecule has 22 heavy (non-hydrogen) atoms. The third-order valence-electron chi connectivity index (χ3n) is 3.90. The molecule has 1 N–H and O–H groups in total. The summed E-state index contributed by atoms with van der Waals surface area (Å²) in [6.45, 7) is 3.01. The Morgan fingerprint density at radius 3 is 2.82 bits per heavy atom. The van der Waals surface area contributed by atoms with Gasteiger partial charge in [0.1, 0.15) is 11.5 Å². The van der Waals surface area contributed by atoms with Crippen molar-refractivity contribution in [2.24, 2.45) is 0 Å². The zero-order valence-corrected chi connectivity index (χ0v) is 14.0. The summed E-state index contributed by atoms with van der Waals surface area (Å²) in [4.78, 5) is 11.9. The number of ether oxygens (including phenoxy) is 1. The van der Waals surface area contributed by atoms with Gasteiger partial charge in [-0.05, 0) is 37.5 Å². The van der Waals surface area contributed by atoms with Gasteiger partial charge in [-0.3, -0.25) is 9.00 Å². The van der Waals surface area contributed by atoms with E-state index in [1.54, 1.807) is 0 Å².